The van der Waals surface area contributed by atoms with E-state index in [9.17, 15) is 44.0 Å². The number of hydrogen-bond donors (Lipinski definition) is 7. The molecule has 18 heteroatoms. The maximum Gasteiger partial charge on any atom is 0.472 e. The molecule has 0 saturated heterocycles. The molecule has 0 aromatic carbocycles. The van der Waals surface area contributed by atoms with Crippen LogP contribution in [-0.4, -0.2) is 104 Å². The van der Waals surface area contributed by atoms with Crippen LogP contribution in [0, 0.1) is 5.92 Å². The van der Waals surface area contributed by atoms with E-state index in [0.29, 0.717) is 6.42 Å². The first-order chi connectivity index (χ1) is 27.4. The van der Waals surface area contributed by atoms with E-state index >= 15 is 0 Å². The molecule has 0 aliphatic rings. The molecule has 6 atom stereocenters. The van der Waals surface area contributed by atoms with Crippen molar-refractivity contribution in [2.24, 2.45) is 5.92 Å². The third-order valence-corrected chi connectivity index (χ3v) is 9.94. The molecular weight excluding hydrogens is 798 g/mol. The van der Waals surface area contributed by atoms with E-state index in [1.54, 1.807) is 42.5 Å². The van der Waals surface area contributed by atoms with E-state index in [0.717, 1.165) is 57.3 Å². The molecule has 0 bridgehead atoms. The molecule has 0 spiro atoms. The summed E-state index contributed by atoms with van der Waals surface area (Å²) in [5.41, 5.74) is 0. The molecule has 0 aromatic heterocycles. The van der Waals surface area contributed by atoms with E-state index in [2.05, 4.69) is 29.8 Å². The van der Waals surface area contributed by atoms with Crippen LogP contribution in [0.2, 0.25) is 0 Å². The molecule has 58 heavy (non-hydrogen) atoms. The number of ether oxygens (including phenoxy) is 2. The van der Waals surface area contributed by atoms with Gasteiger partial charge in [-0.1, -0.05) is 140 Å². The van der Waals surface area contributed by atoms with Crippen molar-refractivity contribution in [3.05, 3.63) is 48.6 Å². The fourth-order valence-electron chi connectivity index (χ4n) is 5.21. The Balaban J connectivity index is 4.91. The van der Waals surface area contributed by atoms with E-state index < -0.39 is 84.5 Å². The van der Waals surface area contributed by atoms with Gasteiger partial charge >= 0.3 is 27.6 Å². The minimum atomic E-state index is -4.90. The normalized spacial score (nSPS) is 16.3. The van der Waals surface area contributed by atoms with Gasteiger partial charge in [0.15, 0.2) is 6.10 Å². The van der Waals surface area contributed by atoms with Crippen molar-refractivity contribution in [3.63, 3.8) is 0 Å². The monoisotopic (exact) mass is 870 g/mol. The van der Waals surface area contributed by atoms with E-state index in [1.807, 2.05) is 0 Å². The number of unbranched alkanes of at least 4 members (excludes halogenated alkanes) is 9. The lowest BCUT2D eigenvalue weighted by molar-refractivity contribution is -0.161. The second-order valence-electron chi connectivity index (χ2n) is 14.6. The number of carbonyl (C=O) groups is 2. The summed E-state index contributed by atoms with van der Waals surface area (Å²) in [4.78, 5) is 52.6. The summed E-state index contributed by atoms with van der Waals surface area (Å²) in [5.74, 6) is -0.648. The number of rotatable bonds is 37. The highest BCUT2D eigenvalue weighted by atomic mass is 31.2. The molecule has 0 saturated carbocycles. The number of esters is 2. The lowest BCUT2D eigenvalue weighted by Gasteiger charge is -2.21. The van der Waals surface area contributed by atoms with Gasteiger partial charge in [0.2, 0.25) is 0 Å². The van der Waals surface area contributed by atoms with Crippen LogP contribution in [0.25, 0.3) is 0 Å². The van der Waals surface area contributed by atoms with E-state index in [-0.39, 0.29) is 25.7 Å². The average molecular weight is 871 g/mol. The first-order valence-electron chi connectivity index (χ1n) is 20.5. The van der Waals surface area contributed by atoms with Crippen molar-refractivity contribution >= 4 is 27.6 Å². The van der Waals surface area contributed by atoms with Gasteiger partial charge < -0.3 is 44.6 Å². The molecule has 0 aliphatic carbocycles. The summed E-state index contributed by atoms with van der Waals surface area (Å²) in [6.45, 7) is 3.48. The predicted molar refractivity (Wildman–Crippen MR) is 220 cm³/mol. The number of carbonyl (C=O) groups excluding carboxylic acids is 2. The number of allylic oxidation sites excluding steroid dienone is 6. The van der Waals surface area contributed by atoms with Crippen LogP contribution >= 0.6 is 15.6 Å². The molecular formula is C40H72O16P2. The Morgan fingerprint density at radius 3 is 1.74 bits per heavy atom. The molecule has 338 valence electrons. The minimum absolute atomic E-state index is 0.0254. The highest BCUT2D eigenvalue weighted by Gasteiger charge is 2.28. The van der Waals surface area contributed by atoms with Gasteiger partial charge in [-0.3, -0.25) is 23.2 Å². The van der Waals surface area contributed by atoms with Gasteiger partial charge in [-0.25, -0.2) is 9.13 Å². The van der Waals surface area contributed by atoms with Gasteiger partial charge in [-0.05, 0) is 31.6 Å². The van der Waals surface area contributed by atoms with Crippen molar-refractivity contribution in [3.8, 4) is 0 Å². The summed E-state index contributed by atoms with van der Waals surface area (Å²) in [6.07, 6.45) is 20.8. The number of aliphatic hydroxyl groups is 4. The van der Waals surface area contributed by atoms with Crippen LogP contribution in [0.3, 0.4) is 0 Å². The van der Waals surface area contributed by atoms with Gasteiger partial charge in [0.25, 0.3) is 0 Å². The average Bonchev–Trinajstić information content (AvgIpc) is 3.15. The Hall–Kier alpha value is -2.04. The molecule has 0 radical (unpaired) electrons. The summed E-state index contributed by atoms with van der Waals surface area (Å²) >= 11 is 0. The van der Waals surface area contributed by atoms with Gasteiger partial charge in [-0.15, -0.1) is 0 Å². The van der Waals surface area contributed by atoms with Crippen LogP contribution < -0.4 is 0 Å². The van der Waals surface area contributed by atoms with Crippen molar-refractivity contribution in [2.75, 3.05) is 26.4 Å². The fraction of sp³-hybridized carbons (Fsp3) is 0.750. The number of phosphoric acid groups is 2. The summed E-state index contributed by atoms with van der Waals surface area (Å²) in [5, 5.41) is 40.2. The predicted octanol–water partition coefficient (Wildman–Crippen LogP) is 6.66. The molecule has 0 fully saturated rings. The van der Waals surface area contributed by atoms with Crippen LogP contribution in [0.15, 0.2) is 48.6 Å². The zero-order chi connectivity index (χ0) is 43.7. The molecule has 0 rings (SSSR count). The Morgan fingerprint density at radius 1 is 0.586 bits per heavy atom. The van der Waals surface area contributed by atoms with Crippen molar-refractivity contribution in [1.29, 1.82) is 0 Å². The third-order valence-electron chi connectivity index (χ3n) is 8.51. The quantitative estimate of drug-likeness (QED) is 0.0149. The van der Waals surface area contributed by atoms with E-state index in [4.69, 9.17) is 23.8 Å². The van der Waals surface area contributed by atoms with Gasteiger partial charge in [0, 0.05) is 12.8 Å². The second kappa shape index (κ2) is 34.6. The summed E-state index contributed by atoms with van der Waals surface area (Å²) < 4.78 is 47.4. The lowest BCUT2D eigenvalue weighted by Crippen LogP contribution is -2.30. The number of hydrogen-bond acceptors (Lipinski definition) is 13. The number of aliphatic hydroxyl groups excluding tert-OH is 4. The Morgan fingerprint density at radius 2 is 1.12 bits per heavy atom. The largest absolute Gasteiger partial charge is 0.472 e. The standard InChI is InChI=1S/C40H72O16P2/c1-4-5-16-23-34(41)24-18-13-10-11-14-19-25-37(43)38(44)26-21-28-40(46)56-36(32-55-58(50,51)54-30-35(42)29-53-57(47,48)49)31-52-39(45)27-20-15-9-7-6-8-12-17-22-33(2)3/h10-11,13-14,18-19,24-25,33-38,41-44H,4-9,12,15-17,20-23,26-32H2,1-3H3,(H,50,51)(H2,47,48,49)/b13-10-,14-11+,24-18+,25-19+/t34-,35-,36+,37-,38-/m0/s1. The molecule has 1 unspecified atom stereocenters. The van der Waals surface area contributed by atoms with Crippen LogP contribution in [-0.2, 0) is 41.8 Å². The first kappa shape index (κ1) is 56.0. The van der Waals surface area contributed by atoms with Crippen LogP contribution in [0.1, 0.15) is 130 Å². The molecule has 0 aliphatic heterocycles. The minimum Gasteiger partial charge on any atom is -0.462 e. The summed E-state index contributed by atoms with van der Waals surface area (Å²) in [6, 6.07) is 0. The highest BCUT2D eigenvalue weighted by Crippen LogP contribution is 2.43. The molecule has 0 amide bonds. The van der Waals surface area contributed by atoms with Crippen LogP contribution in [0.5, 0.6) is 0 Å². The highest BCUT2D eigenvalue weighted by molar-refractivity contribution is 7.47. The maximum atomic E-state index is 12.7. The first-order valence-corrected chi connectivity index (χ1v) is 23.5. The number of phosphoric ester groups is 2. The fourth-order valence-corrected chi connectivity index (χ4v) is 6.36. The summed E-state index contributed by atoms with van der Waals surface area (Å²) in [7, 11) is -9.80. The Bertz CT molecular complexity index is 1280. The topological polar surface area (TPSA) is 256 Å². The Labute approximate surface area is 345 Å². The van der Waals surface area contributed by atoms with Crippen molar-refractivity contribution in [1.82, 2.24) is 0 Å². The van der Waals surface area contributed by atoms with Crippen molar-refractivity contribution < 1.29 is 76.9 Å². The van der Waals surface area contributed by atoms with E-state index in [1.165, 1.54) is 31.8 Å². The van der Waals surface area contributed by atoms with Crippen LogP contribution in [0.4, 0.5) is 0 Å². The lowest BCUT2D eigenvalue weighted by atomic mass is 10.0. The van der Waals surface area contributed by atoms with Gasteiger partial charge in [0.05, 0.1) is 38.1 Å². The molecule has 0 heterocycles. The zero-order valence-corrected chi connectivity index (χ0v) is 36.4. The molecule has 16 nitrogen and oxygen atoms in total. The maximum absolute atomic E-state index is 12.7. The van der Waals surface area contributed by atoms with Gasteiger partial charge in [-0.2, -0.15) is 0 Å². The van der Waals surface area contributed by atoms with Crippen molar-refractivity contribution in [2.45, 2.75) is 160 Å². The van der Waals surface area contributed by atoms with Gasteiger partial charge in [0.1, 0.15) is 12.7 Å². The zero-order valence-electron chi connectivity index (χ0n) is 34.6. The molecule has 0 aromatic rings. The second-order valence-corrected chi connectivity index (χ2v) is 17.3. The SMILES string of the molecule is CCCCC[C@H](O)/C=C/C=C\C=C\C=C\[C@H](O)[C@@H](O)CCCC(=O)O[C@H](COC(=O)CCCCCCCCCCC(C)C)COP(=O)(O)OC[C@@H](O)COP(=O)(O)O. The Kier molecular flexibility index (Phi) is 33.4. The third kappa shape index (κ3) is 37.0. The molecule has 7 N–H and O–H groups in total. The smallest absolute Gasteiger partial charge is 0.462 e.